The number of fused-ring (bicyclic) bond motifs is 2. The minimum atomic E-state index is -1.37. The summed E-state index contributed by atoms with van der Waals surface area (Å²) in [5.74, 6) is -0.570. The lowest BCUT2D eigenvalue weighted by molar-refractivity contribution is -0.477. The highest BCUT2D eigenvalue weighted by atomic mass is 17.2. The molecule has 4 nitrogen and oxygen atoms in total. The van der Waals surface area contributed by atoms with E-state index in [2.05, 4.69) is 20.4 Å². The summed E-state index contributed by atoms with van der Waals surface area (Å²) in [6.07, 6.45) is 9.13. The zero-order valence-electron chi connectivity index (χ0n) is 15.3. The molecule has 2 heterocycles. The van der Waals surface area contributed by atoms with Gasteiger partial charge in [0, 0.05) is 5.41 Å². The van der Waals surface area contributed by atoms with Gasteiger partial charge in [0.2, 0.25) is 5.79 Å². The lowest BCUT2D eigenvalue weighted by Crippen LogP contribution is -2.62. The van der Waals surface area contributed by atoms with Crippen molar-refractivity contribution in [2.24, 2.45) is 17.3 Å². The predicted molar refractivity (Wildman–Crippen MR) is 90.9 cm³/mol. The van der Waals surface area contributed by atoms with Crippen LogP contribution in [-0.4, -0.2) is 28.2 Å². The van der Waals surface area contributed by atoms with Gasteiger partial charge in [0.15, 0.2) is 0 Å². The first-order valence-corrected chi connectivity index (χ1v) is 9.24. The zero-order chi connectivity index (χ0) is 17.4. The Morgan fingerprint density at radius 1 is 1.12 bits per heavy atom. The first kappa shape index (κ1) is 16.8. The topological polar surface area (TPSA) is 51.2 Å². The predicted octanol–water partition coefficient (Wildman–Crippen LogP) is 3.90. The molecule has 24 heavy (non-hydrogen) atoms. The maximum atomic E-state index is 11.2. The molecule has 3 fully saturated rings. The monoisotopic (exact) mass is 334 g/mol. The van der Waals surface area contributed by atoms with Crippen molar-refractivity contribution in [1.29, 1.82) is 0 Å². The Labute approximate surface area is 144 Å². The van der Waals surface area contributed by atoms with Crippen molar-refractivity contribution < 1.29 is 19.6 Å². The molecule has 0 bridgehead atoms. The van der Waals surface area contributed by atoms with E-state index in [0.717, 1.165) is 32.1 Å². The SMILES string of the molecule is C=C1CC[C@H]2O[C@@]2(C)CC[C@H]2[C@H]1C[C@]2(C)[C@@]1(O)C=CC(C)(C)OO1. The van der Waals surface area contributed by atoms with E-state index in [9.17, 15) is 5.11 Å². The van der Waals surface area contributed by atoms with Crippen LogP contribution < -0.4 is 0 Å². The van der Waals surface area contributed by atoms with Crippen molar-refractivity contribution in [2.75, 3.05) is 0 Å². The van der Waals surface area contributed by atoms with Crippen molar-refractivity contribution in [3.8, 4) is 0 Å². The first-order valence-electron chi connectivity index (χ1n) is 9.24. The fourth-order valence-electron chi connectivity index (χ4n) is 5.04. The second-order valence-corrected chi connectivity index (χ2v) is 9.29. The van der Waals surface area contributed by atoms with Crippen LogP contribution in [0.3, 0.4) is 0 Å². The van der Waals surface area contributed by atoms with E-state index >= 15 is 0 Å². The van der Waals surface area contributed by atoms with Gasteiger partial charge in [-0.1, -0.05) is 19.1 Å². The molecule has 1 N–H and O–H groups in total. The van der Waals surface area contributed by atoms with E-state index in [1.165, 1.54) is 5.57 Å². The summed E-state index contributed by atoms with van der Waals surface area (Å²) in [5.41, 5.74) is 0.465. The fraction of sp³-hybridized carbons (Fsp3) is 0.800. The largest absolute Gasteiger partial charge is 0.366 e. The van der Waals surface area contributed by atoms with Gasteiger partial charge in [-0.05, 0) is 76.9 Å². The van der Waals surface area contributed by atoms with Crippen molar-refractivity contribution in [1.82, 2.24) is 0 Å². The highest BCUT2D eigenvalue weighted by molar-refractivity contribution is 5.23. The second-order valence-electron chi connectivity index (χ2n) is 9.29. The molecule has 2 aliphatic carbocycles. The first-order chi connectivity index (χ1) is 11.1. The summed E-state index contributed by atoms with van der Waals surface area (Å²) >= 11 is 0. The number of hydrogen-bond donors (Lipinski definition) is 1. The molecule has 4 rings (SSSR count). The van der Waals surface area contributed by atoms with Gasteiger partial charge in [0.1, 0.15) is 5.60 Å². The number of allylic oxidation sites excluding steroid dienone is 1. The molecule has 0 unspecified atom stereocenters. The van der Waals surface area contributed by atoms with E-state index in [4.69, 9.17) is 14.5 Å². The maximum Gasteiger partial charge on any atom is 0.224 e. The maximum absolute atomic E-state index is 11.2. The summed E-state index contributed by atoms with van der Waals surface area (Å²) in [6, 6.07) is 0. The number of hydrogen-bond acceptors (Lipinski definition) is 4. The molecule has 6 atom stereocenters. The number of epoxide rings is 1. The highest BCUT2D eigenvalue weighted by Crippen LogP contribution is 2.64. The lowest BCUT2D eigenvalue weighted by atomic mass is 9.48. The summed E-state index contributed by atoms with van der Waals surface area (Å²) in [5, 5.41) is 11.2. The van der Waals surface area contributed by atoms with Crippen LogP contribution in [0.25, 0.3) is 0 Å². The highest BCUT2D eigenvalue weighted by Gasteiger charge is 2.65. The third kappa shape index (κ3) is 2.34. The van der Waals surface area contributed by atoms with Gasteiger partial charge in [-0.25, -0.2) is 4.89 Å². The van der Waals surface area contributed by atoms with Gasteiger partial charge < -0.3 is 9.84 Å². The third-order valence-electron chi connectivity index (χ3n) is 7.10. The van der Waals surface area contributed by atoms with Gasteiger partial charge in [-0.3, -0.25) is 0 Å². The summed E-state index contributed by atoms with van der Waals surface area (Å²) in [4.78, 5) is 11.0. The van der Waals surface area contributed by atoms with Gasteiger partial charge in [-0.15, -0.1) is 0 Å². The van der Waals surface area contributed by atoms with Crippen LogP contribution in [0.1, 0.15) is 59.8 Å². The Hall–Kier alpha value is -0.680. The molecule has 0 radical (unpaired) electrons. The third-order valence-corrected chi connectivity index (χ3v) is 7.10. The van der Waals surface area contributed by atoms with Crippen LogP contribution in [0, 0.1) is 17.3 Å². The minimum Gasteiger partial charge on any atom is -0.366 e. The summed E-state index contributed by atoms with van der Waals surface area (Å²) in [7, 11) is 0. The molecule has 0 spiro atoms. The molecule has 4 aliphatic rings. The Kier molecular flexibility index (Phi) is 3.45. The molecule has 0 amide bonds. The minimum absolute atomic E-state index is 0.0239. The summed E-state index contributed by atoms with van der Waals surface area (Å²) < 4.78 is 5.93. The van der Waals surface area contributed by atoms with Crippen molar-refractivity contribution in [2.45, 2.75) is 82.9 Å². The molecule has 1 saturated heterocycles. The molecular weight excluding hydrogens is 304 g/mol. The van der Waals surface area contributed by atoms with Crippen molar-refractivity contribution >= 4 is 0 Å². The number of aliphatic hydroxyl groups is 1. The Balaban J connectivity index is 1.59. The van der Waals surface area contributed by atoms with Crippen LogP contribution in [0.2, 0.25) is 0 Å². The molecule has 0 aromatic rings. The molecule has 0 aromatic carbocycles. The van der Waals surface area contributed by atoms with Gasteiger partial charge >= 0.3 is 0 Å². The average Bonchev–Trinajstić information content (AvgIpc) is 3.14. The van der Waals surface area contributed by atoms with Crippen LogP contribution >= 0.6 is 0 Å². The van der Waals surface area contributed by atoms with Gasteiger partial charge in [0.25, 0.3) is 0 Å². The number of ether oxygens (including phenoxy) is 1. The van der Waals surface area contributed by atoms with E-state index in [1.807, 2.05) is 19.9 Å². The summed E-state index contributed by atoms with van der Waals surface area (Å²) in [6.45, 7) is 12.5. The van der Waals surface area contributed by atoms with Crippen LogP contribution in [0.15, 0.2) is 24.3 Å². The second kappa shape index (κ2) is 4.94. The van der Waals surface area contributed by atoms with E-state index in [-0.39, 0.29) is 11.0 Å². The quantitative estimate of drug-likeness (QED) is 0.449. The van der Waals surface area contributed by atoms with E-state index in [1.54, 1.807) is 6.08 Å². The number of rotatable bonds is 1. The van der Waals surface area contributed by atoms with Crippen LogP contribution in [-0.2, 0) is 14.5 Å². The molecule has 2 aliphatic heterocycles. The smallest absolute Gasteiger partial charge is 0.224 e. The lowest BCUT2D eigenvalue weighted by Gasteiger charge is -2.60. The van der Waals surface area contributed by atoms with Crippen molar-refractivity contribution in [3.63, 3.8) is 0 Å². The molecule has 4 heteroatoms. The Morgan fingerprint density at radius 3 is 2.54 bits per heavy atom. The standard InChI is InChI=1S/C20H30O4/c1-13-6-7-16-19(5,22-16)9-8-15-14(13)12-18(15,4)20(21)11-10-17(2,3)23-24-20/h10-11,14-16,21H,1,6-9,12H2,2-5H3/t14-,15-,16+,18-,19-,20+/m0/s1. The normalized spacial score (nSPS) is 53.0. The van der Waals surface area contributed by atoms with Crippen LogP contribution in [0.4, 0.5) is 0 Å². The van der Waals surface area contributed by atoms with E-state index in [0.29, 0.717) is 17.9 Å². The molecular formula is C20H30O4. The Morgan fingerprint density at radius 2 is 1.88 bits per heavy atom. The van der Waals surface area contributed by atoms with E-state index < -0.39 is 11.4 Å². The average molecular weight is 334 g/mol. The molecule has 2 saturated carbocycles. The van der Waals surface area contributed by atoms with Crippen LogP contribution in [0.5, 0.6) is 0 Å². The Bertz CT molecular complexity index is 596. The van der Waals surface area contributed by atoms with Crippen molar-refractivity contribution in [3.05, 3.63) is 24.3 Å². The molecule has 134 valence electrons. The van der Waals surface area contributed by atoms with Gasteiger partial charge in [-0.2, -0.15) is 4.89 Å². The zero-order valence-corrected chi connectivity index (χ0v) is 15.3. The van der Waals surface area contributed by atoms with Gasteiger partial charge in [0.05, 0.1) is 11.7 Å². The molecule has 0 aromatic heterocycles. The fourth-order valence-corrected chi connectivity index (χ4v) is 5.04.